The molecule has 2 aliphatic rings. The van der Waals surface area contributed by atoms with E-state index in [1.165, 1.54) is 18.2 Å². The normalized spacial score (nSPS) is 20.4. The maximum Gasteiger partial charge on any atom is 0.293 e. The molecule has 2 atom stereocenters. The van der Waals surface area contributed by atoms with Crippen molar-refractivity contribution in [2.45, 2.75) is 19.0 Å². The van der Waals surface area contributed by atoms with Crippen molar-refractivity contribution < 1.29 is 18.0 Å². The Morgan fingerprint density at radius 3 is 2.73 bits per heavy atom. The number of aromatic nitrogens is 2. The second-order valence-electron chi connectivity index (χ2n) is 8.51. The number of anilines is 1. The summed E-state index contributed by atoms with van der Waals surface area (Å²) in [6.07, 6.45) is 0. The van der Waals surface area contributed by atoms with Gasteiger partial charge in [-0.15, -0.1) is 0 Å². The van der Waals surface area contributed by atoms with Crippen molar-refractivity contribution in [3.63, 3.8) is 0 Å². The van der Waals surface area contributed by atoms with Crippen molar-refractivity contribution >= 4 is 27.7 Å². The smallest absolute Gasteiger partial charge is 0.293 e. The molecule has 33 heavy (non-hydrogen) atoms. The zero-order valence-corrected chi connectivity index (χ0v) is 17.7. The lowest BCUT2D eigenvalue weighted by Gasteiger charge is -2.38. The van der Waals surface area contributed by atoms with Gasteiger partial charge in [0.2, 0.25) is 11.1 Å². The van der Waals surface area contributed by atoms with E-state index in [0.29, 0.717) is 25.2 Å². The zero-order chi connectivity index (χ0) is 22.9. The topological polar surface area (TPSA) is 92.5 Å². The van der Waals surface area contributed by atoms with Crippen LogP contribution in [0.3, 0.4) is 0 Å². The Labute approximate surface area is 185 Å². The molecule has 170 valence electrons. The number of hydrogen-bond donors (Lipinski definition) is 2. The molecule has 2 unspecified atom stereocenters. The number of fused-ring (bicyclic) bond motifs is 2. The van der Waals surface area contributed by atoms with Gasteiger partial charge < -0.3 is 19.5 Å². The minimum absolute atomic E-state index is 0.0717. The maximum absolute atomic E-state index is 15.5. The van der Waals surface area contributed by atoms with E-state index in [1.54, 1.807) is 16.7 Å². The van der Waals surface area contributed by atoms with Gasteiger partial charge in [-0.05, 0) is 30.7 Å². The standard InChI is InChI=1S/C23H20F2N4O4/c1-11-10-32-21-18-14(20(30)17-22(31)27-33-23(17)29(11)18)8-15(25)19(21)28-7-6-26-16(9-28)12-2-4-13(24)5-3-12/h2-5,8,11,16,26H,6-7,9-10H2,1H3,(H,27,31). The summed E-state index contributed by atoms with van der Waals surface area (Å²) in [7, 11) is 0. The Balaban J connectivity index is 1.55. The number of piperazine rings is 1. The molecule has 4 aromatic rings. The van der Waals surface area contributed by atoms with Gasteiger partial charge in [-0.25, -0.2) is 8.78 Å². The molecule has 10 heteroatoms. The summed E-state index contributed by atoms with van der Waals surface area (Å²) in [6.45, 7) is 3.61. The predicted molar refractivity (Wildman–Crippen MR) is 118 cm³/mol. The van der Waals surface area contributed by atoms with Gasteiger partial charge in [-0.2, -0.15) is 5.16 Å². The number of ether oxygens (including phenoxy) is 1. The Kier molecular flexibility index (Phi) is 4.34. The first kappa shape index (κ1) is 20.0. The summed E-state index contributed by atoms with van der Waals surface area (Å²) in [4.78, 5) is 27.1. The van der Waals surface area contributed by atoms with Gasteiger partial charge in [0.25, 0.3) is 5.56 Å². The predicted octanol–water partition coefficient (Wildman–Crippen LogP) is 2.82. The van der Waals surface area contributed by atoms with E-state index in [-0.39, 0.29) is 52.4 Å². The van der Waals surface area contributed by atoms with Crippen molar-refractivity contribution in [3.8, 4) is 5.75 Å². The molecular weight excluding hydrogens is 434 g/mol. The van der Waals surface area contributed by atoms with Crippen molar-refractivity contribution in [1.82, 2.24) is 15.0 Å². The number of nitrogens with zero attached hydrogens (tertiary/aromatic N) is 2. The molecule has 0 spiro atoms. The molecule has 0 radical (unpaired) electrons. The summed E-state index contributed by atoms with van der Waals surface area (Å²) >= 11 is 0. The molecule has 1 fully saturated rings. The van der Waals surface area contributed by atoms with Crippen LogP contribution in [0.4, 0.5) is 14.5 Å². The second kappa shape index (κ2) is 7.17. The molecule has 0 aliphatic carbocycles. The Morgan fingerprint density at radius 2 is 1.94 bits per heavy atom. The summed E-state index contributed by atoms with van der Waals surface area (Å²) in [5, 5.41) is 5.54. The average Bonchev–Trinajstić information content (AvgIpc) is 3.20. The van der Waals surface area contributed by atoms with Crippen LogP contribution in [0.15, 0.2) is 44.4 Å². The van der Waals surface area contributed by atoms with Crippen LogP contribution in [0.2, 0.25) is 0 Å². The third kappa shape index (κ3) is 2.90. The van der Waals surface area contributed by atoms with Crippen molar-refractivity contribution in [2.75, 3.05) is 31.1 Å². The molecule has 2 aliphatic heterocycles. The van der Waals surface area contributed by atoms with Gasteiger partial charge in [0, 0.05) is 25.7 Å². The van der Waals surface area contributed by atoms with Gasteiger partial charge in [0.15, 0.2) is 17.0 Å². The third-order valence-corrected chi connectivity index (χ3v) is 6.47. The Bertz CT molecular complexity index is 1520. The number of halogens is 2. The molecule has 1 saturated heterocycles. The van der Waals surface area contributed by atoms with E-state index < -0.39 is 16.8 Å². The van der Waals surface area contributed by atoms with Gasteiger partial charge in [-0.3, -0.25) is 14.2 Å². The van der Waals surface area contributed by atoms with Crippen LogP contribution in [0.5, 0.6) is 5.75 Å². The van der Waals surface area contributed by atoms with Gasteiger partial charge in [0.1, 0.15) is 23.6 Å². The largest absolute Gasteiger partial charge is 0.487 e. The molecule has 2 aromatic heterocycles. The second-order valence-corrected chi connectivity index (χ2v) is 8.51. The van der Waals surface area contributed by atoms with Crippen LogP contribution in [0.1, 0.15) is 24.6 Å². The molecular formula is C23H20F2N4O4. The third-order valence-electron chi connectivity index (χ3n) is 6.47. The molecule has 4 heterocycles. The number of pyridine rings is 1. The fourth-order valence-electron chi connectivity index (χ4n) is 4.92. The van der Waals surface area contributed by atoms with Crippen LogP contribution in [0.25, 0.3) is 22.0 Å². The van der Waals surface area contributed by atoms with E-state index >= 15 is 4.39 Å². The number of aromatic amines is 1. The molecule has 0 amide bonds. The number of rotatable bonds is 2. The highest BCUT2D eigenvalue weighted by Crippen LogP contribution is 2.43. The van der Waals surface area contributed by atoms with Crippen molar-refractivity contribution in [3.05, 3.63) is 68.1 Å². The van der Waals surface area contributed by atoms with Crippen LogP contribution in [-0.2, 0) is 0 Å². The minimum Gasteiger partial charge on any atom is -0.487 e. The van der Waals surface area contributed by atoms with Gasteiger partial charge in [-0.1, -0.05) is 12.1 Å². The fraction of sp³-hybridized carbons (Fsp3) is 0.304. The minimum atomic E-state index is -0.644. The van der Waals surface area contributed by atoms with Crippen molar-refractivity contribution in [2.24, 2.45) is 0 Å². The van der Waals surface area contributed by atoms with E-state index in [2.05, 4.69) is 10.5 Å². The number of benzene rings is 2. The molecule has 2 N–H and O–H groups in total. The highest BCUT2D eigenvalue weighted by molar-refractivity contribution is 5.98. The molecule has 0 saturated carbocycles. The maximum atomic E-state index is 15.5. The molecule has 0 bridgehead atoms. The quantitative estimate of drug-likeness (QED) is 0.484. The summed E-state index contributed by atoms with van der Waals surface area (Å²) in [6, 6.07) is 7.00. The van der Waals surface area contributed by atoms with E-state index in [9.17, 15) is 14.0 Å². The van der Waals surface area contributed by atoms with E-state index in [4.69, 9.17) is 9.26 Å². The van der Waals surface area contributed by atoms with Gasteiger partial charge >= 0.3 is 0 Å². The van der Waals surface area contributed by atoms with E-state index in [0.717, 1.165) is 5.56 Å². The average molecular weight is 454 g/mol. The zero-order valence-electron chi connectivity index (χ0n) is 17.7. The molecule has 2 aromatic carbocycles. The fourth-order valence-corrected chi connectivity index (χ4v) is 4.92. The lowest BCUT2D eigenvalue weighted by Crippen LogP contribution is -2.46. The van der Waals surface area contributed by atoms with Crippen LogP contribution < -0.4 is 25.9 Å². The van der Waals surface area contributed by atoms with Gasteiger partial charge in [0.05, 0.1) is 11.4 Å². The summed E-state index contributed by atoms with van der Waals surface area (Å²) < 4.78 is 42.0. The molecule has 8 nitrogen and oxygen atoms in total. The van der Waals surface area contributed by atoms with E-state index in [1.807, 2.05) is 11.8 Å². The van der Waals surface area contributed by atoms with Crippen LogP contribution >= 0.6 is 0 Å². The summed E-state index contributed by atoms with van der Waals surface area (Å²) in [5.74, 6) is -0.667. The monoisotopic (exact) mass is 454 g/mol. The Morgan fingerprint density at radius 1 is 1.15 bits per heavy atom. The SMILES string of the molecule is CC1COc2c(N3CCNC(c4ccc(F)cc4)C3)c(F)cc3c(=O)c4c(=O)[nH]oc4n1c23. The first-order chi connectivity index (χ1) is 15.9. The number of H-pyrrole nitrogens is 1. The number of nitrogens with one attached hydrogen (secondary N) is 2. The lowest BCUT2D eigenvalue weighted by atomic mass is 10.0. The highest BCUT2D eigenvalue weighted by atomic mass is 19.1. The Hall–Kier alpha value is -3.66. The highest BCUT2D eigenvalue weighted by Gasteiger charge is 2.33. The van der Waals surface area contributed by atoms with Crippen LogP contribution in [0, 0.1) is 11.6 Å². The van der Waals surface area contributed by atoms with Crippen molar-refractivity contribution in [1.29, 1.82) is 0 Å². The number of hydrogen-bond acceptors (Lipinski definition) is 6. The lowest BCUT2D eigenvalue weighted by molar-refractivity contribution is 0.244. The van der Waals surface area contributed by atoms with Crippen LogP contribution in [-0.4, -0.2) is 36.0 Å². The first-order valence-corrected chi connectivity index (χ1v) is 10.7. The summed E-state index contributed by atoms with van der Waals surface area (Å²) in [5.41, 5.74) is 0.431. The molecule has 6 rings (SSSR count). The first-order valence-electron chi connectivity index (χ1n) is 10.7.